The maximum atomic E-state index is 13.2. The van der Waals surface area contributed by atoms with Crippen molar-refractivity contribution in [2.75, 3.05) is 45.8 Å². The summed E-state index contributed by atoms with van der Waals surface area (Å²) in [5, 5.41) is 0. The van der Waals surface area contributed by atoms with Gasteiger partial charge in [0.2, 0.25) is 17.7 Å². The molecule has 3 fully saturated rings. The Kier molecular flexibility index (Phi) is 7.79. The zero-order valence-corrected chi connectivity index (χ0v) is 19.1. The second kappa shape index (κ2) is 10.9. The molecule has 3 saturated heterocycles. The van der Waals surface area contributed by atoms with Crippen LogP contribution < -0.4 is 0 Å². The Labute approximate surface area is 191 Å². The molecule has 0 radical (unpaired) electrons. The van der Waals surface area contributed by atoms with Crippen LogP contribution in [-0.4, -0.2) is 89.2 Å². The van der Waals surface area contributed by atoms with Crippen LogP contribution in [0.25, 0.3) is 0 Å². The molecule has 1 aromatic carbocycles. The molecule has 0 bridgehead atoms. The molecule has 3 amide bonds. The lowest BCUT2D eigenvalue weighted by molar-refractivity contribution is -0.145. The van der Waals surface area contributed by atoms with Gasteiger partial charge in [0.15, 0.2) is 0 Å². The van der Waals surface area contributed by atoms with E-state index in [1.165, 1.54) is 0 Å². The standard InChI is InChI=1S/C25H36N4O3/c30-23-12-6-1-2-7-13-28(23)20-24(31)27-17-15-26(16-18-27)22-11-8-14-29(25(22)32)19-21-9-4-3-5-10-21/h3-5,9-10,22H,1-2,6-8,11-20H2. The largest absolute Gasteiger partial charge is 0.339 e. The summed E-state index contributed by atoms with van der Waals surface area (Å²) >= 11 is 0. The van der Waals surface area contributed by atoms with Crippen LogP contribution in [0.2, 0.25) is 0 Å². The fourth-order valence-corrected chi connectivity index (χ4v) is 5.15. The number of hydrogen-bond donors (Lipinski definition) is 0. The Balaban J connectivity index is 1.27. The van der Waals surface area contributed by atoms with E-state index in [-0.39, 0.29) is 30.3 Å². The van der Waals surface area contributed by atoms with Crippen LogP contribution >= 0.6 is 0 Å². The molecule has 3 aliphatic rings. The van der Waals surface area contributed by atoms with Crippen LogP contribution in [0.4, 0.5) is 0 Å². The molecule has 1 unspecified atom stereocenters. The van der Waals surface area contributed by atoms with E-state index in [2.05, 4.69) is 17.0 Å². The average Bonchev–Trinajstić information content (AvgIpc) is 2.81. The number of carbonyl (C=O) groups is 3. The molecule has 1 aromatic rings. The Hall–Kier alpha value is -2.41. The van der Waals surface area contributed by atoms with Gasteiger partial charge in [-0.15, -0.1) is 0 Å². The fourth-order valence-electron chi connectivity index (χ4n) is 5.15. The molecule has 1 atom stereocenters. The number of nitrogens with zero attached hydrogens (tertiary/aromatic N) is 4. The third-order valence-corrected chi connectivity index (χ3v) is 7.07. The molecule has 0 spiro atoms. The van der Waals surface area contributed by atoms with E-state index < -0.39 is 0 Å². The van der Waals surface area contributed by atoms with Gasteiger partial charge in [-0.1, -0.05) is 43.2 Å². The highest BCUT2D eigenvalue weighted by atomic mass is 16.2. The van der Waals surface area contributed by atoms with E-state index in [0.29, 0.717) is 32.6 Å². The van der Waals surface area contributed by atoms with E-state index in [4.69, 9.17) is 0 Å². The van der Waals surface area contributed by atoms with Crippen molar-refractivity contribution in [1.82, 2.24) is 19.6 Å². The van der Waals surface area contributed by atoms with Gasteiger partial charge in [-0.25, -0.2) is 0 Å². The number of hydrogen-bond acceptors (Lipinski definition) is 4. The number of carbonyl (C=O) groups excluding carboxylic acids is 3. The highest BCUT2D eigenvalue weighted by molar-refractivity contribution is 5.85. The van der Waals surface area contributed by atoms with Crippen LogP contribution in [0.3, 0.4) is 0 Å². The molecule has 0 saturated carbocycles. The van der Waals surface area contributed by atoms with Gasteiger partial charge in [0.05, 0.1) is 12.6 Å². The first-order chi connectivity index (χ1) is 15.6. The summed E-state index contributed by atoms with van der Waals surface area (Å²) in [5.41, 5.74) is 1.16. The molecule has 0 aromatic heterocycles. The highest BCUT2D eigenvalue weighted by Crippen LogP contribution is 2.21. The van der Waals surface area contributed by atoms with Crippen molar-refractivity contribution in [3.63, 3.8) is 0 Å². The molecule has 3 aliphatic heterocycles. The first-order valence-electron chi connectivity index (χ1n) is 12.2. The van der Waals surface area contributed by atoms with E-state index in [9.17, 15) is 14.4 Å². The van der Waals surface area contributed by atoms with Gasteiger partial charge in [-0.2, -0.15) is 0 Å². The topological polar surface area (TPSA) is 64.2 Å². The maximum absolute atomic E-state index is 13.2. The number of amides is 3. The van der Waals surface area contributed by atoms with Gasteiger partial charge in [0, 0.05) is 52.2 Å². The Bertz CT molecular complexity index is 792. The van der Waals surface area contributed by atoms with E-state index in [1.807, 2.05) is 28.0 Å². The SMILES string of the molecule is O=C(CN1CCCCCCC1=O)N1CCN(C2CCCN(Cc3ccccc3)C2=O)CC1. The summed E-state index contributed by atoms with van der Waals surface area (Å²) in [7, 11) is 0. The molecule has 4 rings (SSSR count). The van der Waals surface area contributed by atoms with Crippen LogP contribution in [0.5, 0.6) is 0 Å². The predicted octanol–water partition coefficient (Wildman–Crippen LogP) is 2.11. The highest BCUT2D eigenvalue weighted by Gasteiger charge is 2.35. The number of piperidine rings is 1. The fraction of sp³-hybridized carbons (Fsp3) is 0.640. The van der Waals surface area contributed by atoms with Gasteiger partial charge in [-0.3, -0.25) is 19.3 Å². The minimum absolute atomic E-state index is 0.0410. The molecule has 174 valence electrons. The third-order valence-electron chi connectivity index (χ3n) is 7.07. The lowest BCUT2D eigenvalue weighted by Gasteiger charge is -2.42. The molecule has 7 heteroatoms. The summed E-state index contributed by atoms with van der Waals surface area (Å²) < 4.78 is 0. The minimum atomic E-state index is -0.0827. The molecule has 0 aliphatic carbocycles. The van der Waals surface area contributed by atoms with Crippen LogP contribution in [0.1, 0.15) is 50.5 Å². The predicted molar refractivity (Wildman–Crippen MR) is 123 cm³/mol. The Morgan fingerprint density at radius 1 is 0.812 bits per heavy atom. The van der Waals surface area contributed by atoms with Crippen LogP contribution in [-0.2, 0) is 20.9 Å². The lowest BCUT2D eigenvalue weighted by atomic mass is 10.0. The normalized spacial score (nSPS) is 23.8. The first-order valence-corrected chi connectivity index (χ1v) is 12.2. The van der Waals surface area contributed by atoms with E-state index in [1.54, 1.807) is 4.90 Å². The summed E-state index contributed by atoms with van der Waals surface area (Å²) in [4.78, 5) is 46.2. The van der Waals surface area contributed by atoms with Crippen molar-refractivity contribution in [2.45, 2.75) is 57.5 Å². The lowest BCUT2D eigenvalue weighted by Crippen LogP contribution is -2.59. The molecular formula is C25H36N4O3. The Morgan fingerprint density at radius 3 is 2.31 bits per heavy atom. The summed E-state index contributed by atoms with van der Waals surface area (Å²) in [6, 6.07) is 10.1. The van der Waals surface area contributed by atoms with Gasteiger partial charge in [-0.05, 0) is 31.2 Å². The average molecular weight is 441 g/mol. The van der Waals surface area contributed by atoms with Crippen molar-refractivity contribution < 1.29 is 14.4 Å². The zero-order valence-electron chi connectivity index (χ0n) is 19.1. The van der Waals surface area contributed by atoms with E-state index in [0.717, 1.165) is 63.7 Å². The summed E-state index contributed by atoms with van der Waals surface area (Å²) in [6.07, 6.45) is 6.62. The van der Waals surface area contributed by atoms with Gasteiger partial charge in [0.25, 0.3) is 0 Å². The number of likely N-dealkylation sites (tertiary alicyclic amines) is 2. The van der Waals surface area contributed by atoms with E-state index >= 15 is 0 Å². The molecule has 0 N–H and O–H groups in total. The summed E-state index contributed by atoms with van der Waals surface area (Å²) in [6.45, 7) is 5.06. The molecule has 32 heavy (non-hydrogen) atoms. The monoisotopic (exact) mass is 440 g/mol. The minimum Gasteiger partial charge on any atom is -0.339 e. The molecule has 3 heterocycles. The second-order valence-electron chi connectivity index (χ2n) is 9.30. The smallest absolute Gasteiger partial charge is 0.242 e. The van der Waals surface area contributed by atoms with Crippen molar-refractivity contribution in [1.29, 1.82) is 0 Å². The second-order valence-corrected chi connectivity index (χ2v) is 9.30. The first kappa shape index (κ1) is 22.8. The molecular weight excluding hydrogens is 404 g/mol. The number of piperazine rings is 1. The van der Waals surface area contributed by atoms with Crippen LogP contribution in [0.15, 0.2) is 30.3 Å². The van der Waals surface area contributed by atoms with Crippen molar-refractivity contribution >= 4 is 17.7 Å². The van der Waals surface area contributed by atoms with Crippen LogP contribution in [0, 0.1) is 0 Å². The molecule has 7 nitrogen and oxygen atoms in total. The number of benzene rings is 1. The zero-order chi connectivity index (χ0) is 22.3. The quantitative estimate of drug-likeness (QED) is 0.704. The van der Waals surface area contributed by atoms with Crippen molar-refractivity contribution in [2.24, 2.45) is 0 Å². The number of rotatable bonds is 5. The maximum Gasteiger partial charge on any atom is 0.242 e. The van der Waals surface area contributed by atoms with Crippen molar-refractivity contribution in [3.8, 4) is 0 Å². The third kappa shape index (κ3) is 5.68. The van der Waals surface area contributed by atoms with Crippen molar-refractivity contribution in [3.05, 3.63) is 35.9 Å². The Morgan fingerprint density at radius 2 is 1.53 bits per heavy atom. The van der Waals surface area contributed by atoms with Gasteiger partial charge >= 0.3 is 0 Å². The van der Waals surface area contributed by atoms with Gasteiger partial charge < -0.3 is 14.7 Å². The summed E-state index contributed by atoms with van der Waals surface area (Å²) in [5.74, 6) is 0.369. The van der Waals surface area contributed by atoms with Gasteiger partial charge in [0.1, 0.15) is 0 Å².